The maximum Gasteiger partial charge on any atom is 1.00 e. The fourth-order valence-electron chi connectivity index (χ4n) is 1.69. The minimum Gasteiger partial charge on any atom is -1.00 e. The van der Waals surface area contributed by atoms with Gasteiger partial charge in [0, 0.05) is 0 Å². The van der Waals surface area contributed by atoms with E-state index in [1.807, 2.05) is 0 Å². The normalized spacial score (nSPS) is 9.75. The number of halogens is 1. The summed E-state index contributed by atoms with van der Waals surface area (Å²) in [6, 6.07) is 0. The molecule has 0 bridgehead atoms. The van der Waals surface area contributed by atoms with Crippen LogP contribution >= 0.6 is 0 Å². The van der Waals surface area contributed by atoms with Crippen LogP contribution in [0.2, 0.25) is 0 Å². The second-order valence-corrected chi connectivity index (χ2v) is 4.28. The van der Waals surface area contributed by atoms with Crippen LogP contribution in [0.1, 0.15) is 71.1 Å². The van der Waals surface area contributed by atoms with E-state index < -0.39 is 0 Å². The molecule has 0 fully saturated rings. The first kappa shape index (κ1) is 22.0. The molecule has 0 aliphatic heterocycles. The molecular weight excluding hydrogens is 271 g/mol. The Morgan fingerprint density at radius 1 is 0.750 bits per heavy atom. The molecule has 0 aliphatic carbocycles. The van der Waals surface area contributed by atoms with Gasteiger partial charge in [-0.1, -0.05) is 64.7 Å². The fraction of sp³-hybridized carbons (Fsp3) is 1.00. The van der Waals surface area contributed by atoms with E-state index in [4.69, 9.17) is 11.5 Å². The van der Waals surface area contributed by atoms with E-state index in [9.17, 15) is 0 Å². The molecule has 0 aromatic carbocycles. The third-order valence-corrected chi connectivity index (χ3v) is 2.64. The van der Waals surface area contributed by atoms with Crippen molar-refractivity contribution in [3.63, 3.8) is 0 Å². The predicted octanol–water partition coefficient (Wildman–Crippen LogP) is 0.152. The number of hydrogen-bond acceptors (Lipinski definition) is 2. The minimum absolute atomic E-state index is 0. The Morgan fingerprint density at radius 2 is 1.12 bits per heavy atom. The number of unbranched alkanes of at least 4 members (excludes halogenated alkanes) is 8. The molecule has 104 valence electrons. The molecule has 0 aliphatic rings. The zero-order valence-corrected chi connectivity index (χ0v) is 12.2. The zero-order valence-electron chi connectivity index (χ0n) is 10.5. The molecule has 0 spiro atoms. The summed E-state index contributed by atoms with van der Waals surface area (Å²) >= 11 is 0. The Labute approximate surface area is 118 Å². The third-order valence-electron chi connectivity index (χ3n) is 2.64. The van der Waals surface area contributed by atoms with Crippen molar-refractivity contribution in [2.75, 3.05) is 0 Å². The maximum absolute atomic E-state index is 5.47. The Balaban J connectivity index is -0.000000845. The SMILES string of the molecule is CCCCCCCCCCCC(N)N.[Cl-].[Cu+]. The Kier molecular flexibility index (Phi) is 24.8. The average molecular weight is 299 g/mol. The molecule has 2 nitrogen and oxygen atoms in total. The Morgan fingerprint density at radius 3 is 1.50 bits per heavy atom. The van der Waals surface area contributed by atoms with Crippen LogP contribution in [0.5, 0.6) is 0 Å². The van der Waals surface area contributed by atoms with Gasteiger partial charge in [-0.05, 0) is 6.42 Å². The maximum atomic E-state index is 5.47. The molecule has 0 aromatic rings. The summed E-state index contributed by atoms with van der Waals surface area (Å²) in [5, 5.41) is 0. The van der Waals surface area contributed by atoms with Crippen LogP contribution in [0.4, 0.5) is 0 Å². The van der Waals surface area contributed by atoms with E-state index in [-0.39, 0.29) is 35.6 Å². The monoisotopic (exact) mass is 298 g/mol. The number of hydrogen-bond donors (Lipinski definition) is 2. The summed E-state index contributed by atoms with van der Waals surface area (Å²) in [5.74, 6) is 0. The van der Waals surface area contributed by atoms with E-state index >= 15 is 0 Å². The van der Waals surface area contributed by atoms with Gasteiger partial charge >= 0.3 is 17.1 Å². The van der Waals surface area contributed by atoms with Crippen molar-refractivity contribution in [2.45, 2.75) is 77.3 Å². The van der Waals surface area contributed by atoms with Crippen LogP contribution in [0.15, 0.2) is 0 Å². The Bertz CT molecular complexity index is 113. The first-order chi connectivity index (χ1) is 6.77. The van der Waals surface area contributed by atoms with Crippen LogP contribution in [-0.2, 0) is 17.1 Å². The van der Waals surface area contributed by atoms with E-state index in [1.165, 1.54) is 57.8 Å². The number of nitrogens with two attached hydrogens (primary N) is 2. The van der Waals surface area contributed by atoms with Gasteiger partial charge in [-0.15, -0.1) is 0 Å². The third kappa shape index (κ3) is 20.2. The van der Waals surface area contributed by atoms with Crippen LogP contribution in [-0.4, -0.2) is 6.17 Å². The molecule has 0 radical (unpaired) electrons. The van der Waals surface area contributed by atoms with Crippen molar-refractivity contribution in [1.29, 1.82) is 0 Å². The minimum atomic E-state index is -0.0976. The molecule has 0 saturated carbocycles. The van der Waals surface area contributed by atoms with E-state index in [0.717, 1.165) is 6.42 Å². The standard InChI is InChI=1S/C12H28N2.ClH.Cu/c1-2-3-4-5-6-7-8-9-10-11-12(13)14;;/h12H,2-11,13-14H2,1H3;1H;/q;;+1/p-1. The van der Waals surface area contributed by atoms with Crippen LogP contribution in [0, 0.1) is 0 Å². The first-order valence-electron chi connectivity index (χ1n) is 6.28. The van der Waals surface area contributed by atoms with E-state index in [2.05, 4.69) is 6.92 Å². The predicted molar refractivity (Wildman–Crippen MR) is 64.0 cm³/mol. The first-order valence-corrected chi connectivity index (χ1v) is 6.28. The molecular formula is C12H28ClCuN2. The molecule has 4 N–H and O–H groups in total. The second kappa shape index (κ2) is 18.1. The molecule has 0 unspecified atom stereocenters. The van der Waals surface area contributed by atoms with E-state index in [0.29, 0.717) is 0 Å². The van der Waals surface area contributed by atoms with Crippen molar-refractivity contribution in [2.24, 2.45) is 11.5 Å². The summed E-state index contributed by atoms with van der Waals surface area (Å²) in [6.45, 7) is 2.26. The van der Waals surface area contributed by atoms with Crippen LogP contribution < -0.4 is 23.9 Å². The molecule has 0 saturated heterocycles. The van der Waals surface area contributed by atoms with Gasteiger partial charge in [0.05, 0.1) is 6.17 Å². The molecule has 0 amide bonds. The molecule has 4 heteroatoms. The fourth-order valence-corrected chi connectivity index (χ4v) is 1.69. The smallest absolute Gasteiger partial charge is 1.00 e. The van der Waals surface area contributed by atoms with Gasteiger partial charge in [0.15, 0.2) is 0 Å². The van der Waals surface area contributed by atoms with Gasteiger partial charge in [-0.25, -0.2) is 0 Å². The molecule has 0 rings (SSSR count). The van der Waals surface area contributed by atoms with Gasteiger partial charge in [-0.2, -0.15) is 0 Å². The molecule has 0 heterocycles. The zero-order chi connectivity index (χ0) is 10.6. The topological polar surface area (TPSA) is 52.0 Å². The summed E-state index contributed by atoms with van der Waals surface area (Å²) in [4.78, 5) is 0. The number of rotatable bonds is 10. The van der Waals surface area contributed by atoms with E-state index in [1.54, 1.807) is 0 Å². The van der Waals surface area contributed by atoms with Gasteiger partial charge in [-0.3, -0.25) is 0 Å². The summed E-state index contributed by atoms with van der Waals surface area (Å²) in [7, 11) is 0. The molecule has 0 aromatic heterocycles. The van der Waals surface area contributed by atoms with Crippen LogP contribution in [0.3, 0.4) is 0 Å². The van der Waals surface area contributed by atoms with Gasteiger partial charge in [0.25, 0.3) is 0 Å². The van der Waals surface area contributed by atoms with Gasteiger partial charge in [0.2, 0.25) is 0 Å². The van der Waals surface area contributed by atoms with Crippen molar-refractivity contribution in [3.05, 3.63) is 0 Å². The van der Waals surface area contributed by atoms with Crippen molar-refractivity contribution >= 4 is 0 Å². The Hall–Kier alpha value is 0.729. The quantitative estimate of drug-likeness (QED) is 0.343. The molecule has 16 heavy (non-hydrogen) atoms. The summed E-state index contributed by atoms with van der Waals surface area (Å²) < 4.78 is 0. The largest absolute Gasteiger partial charge is 1.00 e. The molecule has 0 atom stereocenters. The van der Waals surface area contributed by atoms with Crippen molar-refractivity contribution in [1.82, 2.24) is 0 Å². The van der Waals surface area contributed by atoms with Gasteiger partial charge in [0.1, 0.15) is 0 Å². The van der Waals surface area contributed by atoms with Crippen molar-refractivity contribution in [3.8, 4) is 0 Å². The average Bonchev–Trinajstić information content (AvgIpc) is 2.15. The van der Waals surface area contributed by atoms with Crippen LogP contribution in [0.25, 0.3) is 0 Å². The summed E-state index contributed by atoms with van der Waals surface area (Å²) in [6.07, 6.45) is 13.1. The second-order valence-electron chi connectivity index (χ2n) is 4.28. The summed E-state index contributed by atoms with van der Waals surface area (Å²) in [5.41, 5.74) is 10.9. The van der Waals surface area contributed by atoms with Gasteiger partial charge < -0.3 is 23.9 Å². The van der Waals surface area contributed by atoms with Crippen molar-refractivity contribution < 1.29 is 29.5 Å².